The number of alkyl halides is 3. The van der Waals surface area contributed by atoms with E-state index in [2.05, 4.69) is 10.1 Å². The summed E-state index contributed by atoms with van der Waals surface area (Å²) in [6, 6.07) is 14.3. The van der Waals surface area contributed by atoms with Crippen molar-refractivity contribution >= 4 is 23.2 Å². The zero-order valence-electron chi connectivity index (χ0n) is 19.6. The molecule has 2 N–H and O–H groups in total. The maximum atomic E-state index is 13.4. The molecule has 2 aromatic heterocycles. The summed E-state index contributed by atoms with van der Waals surface area (Å²) in [6.45, 7) is -0.126. The van der Waals surface area contributed by atoms with Crippen molar-refractivity contribution < 1.29 is 23.4 Å². The Morgan fingerprint density at radius 2 is 1.74 bits per heavy atom. The number of halogens is 5. The number of hydrogen-bond acceptors (Lipinski definition) is 6. The van der Waals surface area contributed by atoms with E-state index in [9.17, 15) is 33.4 Å². The lowest BCUT2D eigenvalue weighted by atomic mass is 10.1. The number of aliphatic hydroxyl groups excluding tert-OH is 2. The summed E-state index contributed by atoms with van der Waals surface area (Å²) >= 11 is 12.2. The second-order valence-electron chi connectivity index (χ2n) is 8.28. The van der Waals surface area contributed by atoms with Gasteiger partial charge in [-0.05, 0) is 31.2 Å². The van der Waals surface area contributed by atoms with Crippen molar-refractivity contribution in [2.45, 2.75) is 38.4 Å². The highest BCUT2D eigenvalue weighted by molar-refractivity contribution is 6.32. The maximum absolute atomic E-state index is 13.4. The van der Waals surface area contributed by atoms with Gasteiger partial charge in [-0.25, -0.2) is 14.5 Å². The number of hydrogen-bond donors (Lipinski definition) is 2. The van der Waals surface area contributed by atoms with Crippen LogP contribution in [0.15, 0.2) is 53.3 Å². The number of aromatic nitrogens is 5. The first kappa shape index (κ1) is 27.4. The predicted molar refractivity (Wildman–Crippen MR) is 132 cm³/mol. The van der Waals surface area contributed by atoms with Gasteiger partial charge in [-0.15, -0.1) is 5.10 Å². The lowest BCUT2D eigenvalue weighted by molar-refractivity contribution is -0.207. The van der Waals surface area contributed by atoms with E-state index in [-0.39, 0.29) is 28.6 Å². The summed E-state index contributed by atoms with van der Waals surface area (Å²) in [4.78, 5) is 17.6. The van der Waals surface area contributed by atoms with Crippen LogP contribution in [-0.4, -0.2) is 46.4 Å². The molecular formula is C24H19Cl2F3N6O3. The number of nitriles is 1. The Bertz CT molecular complexity index is 1570. The van der Waals surface area contributed by atoms with Gasteiger partial charge in [0.15, 0.2) is 17.8 Å². The second-order valence-corrected chi connectivity index (χ2v) is 9.12. The first-order valence-corrected chi connectivity index (χ1v) is 11.8. The molecule has 0 aliphatic heterocycles. The Morgan fingerprint density at radius 3 is 2.32 bits per heavy atom. The van der Waals surface area contributed by atoms with Crippen molar-refractivity contribution in [3.8, 4) is 23.0 Å². The zero-order valence-corrected chi connectivity index (χ0v) is 21.1. The van der Waals surface area contributed by atoms with Gasteiger partial charge in [0.25, 0.3) is 0 Å². The molecule has 0 saturated carbocycles. The van der Waals surface area contributed by atoms with Crippen LogP contribution in [0.3, 0.4) is 0 Å². The van der Waals surface area contributed by atoms with Gasteiger partial charge in [0, 0.05) is 10.6 Å². The molecule has 14 heteroatoms. The van der Waals surface area contributed by atoms with Crippen LogP contribution in [-0.2, 0) is 13.1 Å². The van der Waals surface area contributed by atoms with E-state index < -0.39 is 37.2 Å². The van der Waals surface area contributed by atoms with Crippen molar-refractivity contribution in [1.82, 2.24) is 23.9 Å². The summed E-state index contributed by atoms with van der Waals surface area (Å²) < 4.78 is 42.5. The Morgan fingerprint density at radius 1 is 1.08 bits per heavy atom. The predicted octanol–water partition coefficient (Wildman–Crippen LogP) is 4.10. The van der Waals surface area contributed by atoms with Gasteiger partial charge in [-0.3, -0.25) is 9.13 Å². The van der Waals surface area contributed by atoms with E-state index in [0.29, 0.717) is 20.3 Å². The summed E-state index contributed by atoms with van der Waals surface area (Å²) in [7, 11) is 0. The minimum atomic E-state index is -5.01. The van der Waals surface area contributed by atoms with Gasteiger partial charge in [0.2, 0.25) is 0 Å². The van der Waals surface area contributed by atoms with E-state index in [1.807, 2.05) is 6.07 Å². The minimum absolute atomic E-state index is 0.0180. The molecular weight excluding hydrogens is 548 g/mol. The van der Waals surface area contributed by atoms with Crippen LogP contribution in [0.5, 0.6) is 0 Å². The number of para-hydroxylation sites is 1. The summed E-state index contributed by atoms with van der Waals surface area (Å²) in [5.74, 6) is 0.0695. The molecule has 38 heavy (non-hydrogen) atoms. The first-order valence-electron chi connectivity index (χ1n) is 11.0. The molecule has 0 amide bonds. The Kier molecular flexibility index (Phi) is 7.66. The minimum Gasteiger partial charge on any atom is -0.385 e. The van der Waals surface area contributed by atoms with Crippen LogP contribution in [0.1, 0.15) is 30.4 Å². The molecule has 0 spiro atoms. The SMILES string of the molecule is C[C@H](O)c1nc(Cn2c(C#N)c(-c3ccc(Cl)cc3)n(C[C@H](O)C(F)(F)F)c2=O)nn1-c1ccccc1Cl. The van der Waals surface area contributed by atoms with Crippen LogP contribution < -0.4 is 5.69 Å². The Labute approximate surface area is 223 Å². The standard InChI is InChI=1S/C24H19Cl2F3N6O3/c1-13(36)22-31-20(32-35(22)17-5-3-2-4-16(17)26)12-33-18(10-30)21(14-6-8-15(25)9-7-14)34(23(33)38)11-19(37)24(27,28)29/h2-9,13,19,36-37H,11-12H2,1H3/t13-,19-/m0/s1. The molecule has 4 rings (SSSR count). The highest BCUT2D eigenvalue weighted by Crippen LogP contribution is 2.28. The normalized spacial score (nSPS) is 13.3. The van der Waals surface area contributed by atoms with Gasteiger partial charge in [0.1, 0.15) is 17.9 Å². The van der Waals surface area contributed by atoms with Crippen LogP contribution in [0.2, 0.25) is 10.0 Å². The van der Waals surface area contributed by atoms with Crippen LogP contribution >= 0.6 is 23.2 Å². The number of benzene rings is 2. The zero-order chi connectivity index (χ0) is 27.8. The topological polar surface area (TPSA) is 122 Å². The molecule has 2 atom stereocenters. The quantitative estimate of drug-likeness (QED) is 0.347. The molecule has 0 saturated heterocycles. The molecule has 0 aliphatic rings. The lowest BCUT2D eigenvalue weighted by Crippen LogP contribution is -2.37. The maximum Gasteiger partial charge on any atom is 0.416 e. The van der Waals surface area contributed by atoms with Crippen molar-refractivity contribution in [3.63, 3.8) is 0 Å². The van der Waals surface area contributed by atoms with Gasteiger partial charge in [-0.1, -0.05) is 47.5 Å². The van der Waals surface area contributed by atoms with E-state index in [1.165, 1.54) is 35.9 Å². The highest BCUT2D eigenvalue weighted by Gasteiger charge is 2.39. The van der Waals surface area contributed by atoms with Crippen molar-refractivity contribution in [2.75, 3.05) is 0 Å². The molecule has 0 radical (unpaired) electrons. The molecule has 0 unspecified atom stereocenters. The van der Waals surface area contributed by atoms with E-state index >= 15 is 0 Å². The van der Waals surface area contributed by atoms with E-state index in [1.54, 1.807) is 24.3 Å². The molecule has 9 nitrogen and oxygen atoms in total. The molecule has 0 aliphatic carbocycles. The second kappa shape index (κ2) is 10.6. The fraction of sp³-hybridized carbons (Fsp3) is 0.250. The van der Waals surface area contributed by atoms with Crippen molar-refractivity contribution in [1.29, 1.82) is 5.26 Å². The summed E-state index contributed by atoms with van der Waals surface area (Å²) in [5.41, 5.74) is -0.791. The fourth-order valence-electron chi connectivity index (χ4n) is 3.85. The first-order chi connectivity index (χ1) is 17.9. The van der Waals surface area contributed by atoms with E-state index in [0.717, 1.165) is 4.57 Å². The molecule has 2 heterocycles. The number of nitrogens with zero attached hydrogens (tertiary/aromatic N) is 6. The number of aliphatic hydroxyl groups is 2. The molecule has 4 aromatic rings. The third kappa shape index (κ3) is 5.32. The van der Waals surface area contributed by atoms with E-state index in [4.69, 9.17) is 23.2 Å². The summed E-state index contributed by atoms with van der Waals surface area (Å²) in [6.07, 6.45) is -8.98. The smallest absolute Gasteiger partial charge is 0.385 e. The third-order valence-electron chi connectivity index (χ3n) is 5.61. The third-order valence-corrected chi connectivity index (χ3v) is 6.18. The monoisotopic (exact) mass is 566 g/mol. The molecule has 2 aromatic carbocycles. The van der Waals surface area contributed by atoms with Crippen molar-refractivity contribution in [2.24, 2.45) is 0 Å². The summed E-state index contributed by atoms with van der Waals surface area (Å²) in [5, 5.41) is 34.9. The molecule has 0 bridgehead atoms. The van der Waals surface area contributed by atoms with Crippen LogP contribution in [0, 0.1) is 11.3 Å². The highest BCUT2D eigenvalue weighted by atomic mass is 35.5. The fourth-order valence-corrected chi connectivity index (χ4v) is 4.19. The number of rotatable bonds is 7. The van der Waals surface area contributed by atoms with Crippen LogP contribution in [0.25, 0.3) is 16.9 Å². The number of imidazole rings is 1. The van der Waals surface area contributed by atoms with Crippen molar-refractivity contribution in [3.05, 3.63) is 86.4 Å². The molecule has 0 fully saturated rings. The Balaban J connectivity index is 1.88. The largest absolute Gasteiger partial charge is 0.416 e. The van der Waals surface area contributed by atoms with Gasteiger partial charge in [0.05, 0.1) is 29.5 Å². The lowest BCUT2D eigenvalue weighted by Gasteiger charge is -2.16. The Hall–Kier alpha value is -3.63. The average molecular weight is 567 g/mol. The van der Waals surface area contributed by atoms with Gasteiger partial charge < -0.3 is 10.2 Å². The van der Waals surface area contributed by atoms with Crippen LogP contribution in [0.4, 0.5) is 13.2 Å². The average Bonchev–Trinajstić information content (AvgIpc) is 3.39. The van der Waals surface area contributed by atoms with Gasteiger partial charge >= 0.3 is 11.9 Å². The molecule has 198 valence electrons. The van der Waals surface area contributed by atoms with Gasteiger partial charge in [-0.2, -0.15) is 18.4 Å².